The van der Waals surface area contributed by atoms with Crippen molar-refractivity contribution in [3.8, 4) is 23.7 Å². The van der Waals surface area contributed by atoms with Crippen LogP contribution in [0.5, 0.6) is 5.75 Å². The SMILES string of the molecule is CN(C1CCN(c2cc3c(cc2F)C(=O)N(C2CCC(=O)NC2=O)C3=O)CC1)C1CC(C#Cc2ccc3c(n2)CN([C@H]2C(C)(C)[C@H](Oc4ccc(C#N)c(Cl)c4)C2(C)C)C3=O)C1. The van der Waals surface area contributed by atoms with Gasteiger partial charge in [0.25, 0.3) is 17.7 Å². The fourth-order valence-electron chi connectivity index (χ4n) is 11.2. The number of nitrogens with zero attached hydrogens (tertiary/aromatic N) is 6. The molecule has 5 amide bonds. The third-order valence-electron chi connectivity index (χ3n) is 14.2. The first-order chi connectivity index (χ1) is 29.5. The van der Waals surface area contributed by atoms with Crippen molar-refractivity contribution in [3.63, 3.8) is 0 Å². The normalized spacial score (nSPS) is 26.3. The number of hydrogen-bond donors (Lipinski definition) is 1. The van der Waals surface area contributed by atoms with Crippen LogP contribution < -0.4 is 15.0 Å². The van der Waals surface area contributed by atoms with Crippen molar-refractivity contribution in [2.24, 2.45) is 16.7 Å². The lowest BCUT2D eigenvalue weighted by atomic mass is 9.49. The summed E-state index contributed by atoms with van der Waals surface area (Å²) in [5, 5.41) is 11.8. The third kappa shape index (κ3) is 6.79. The van der Waals surface area contributed by atoms with Gasteiger partial charge in [0.05, 0.1) is 45.2 Å². The molecule has 62 heavy (non-hydrogen) atoms. The highest BCUT2D eigenvalue weighted by Crippen LogP contribution is 2.59. The maximum atomic E-state index is 15.5. The van der Waals surface area contributed by atoms with Gasteiger partial charge in [0, 0.05) is 60.5 Å². The van der Waals surface area contributed by atoms with Gasteiger partial charge in [-0.05, 0) is 81.5 Å². The van der Waals surface area contributed by atoms with E-state index in [0.29, 0.717) is 53.3 Å². The van der Waals surface area contributed by atoms with Gasteiger partial charge in [0.15, 0.2) is 0 Å². The number of carbonyl (C=O) groups excluding carboxylic acids is 5. The van der Waals surface area contributed by atoms with E-state index >= 15 is 4.39 Å². The van der Waals surface area contributed by atoms with E-state index in [9.17, 15) is 29.2 Å². The number of nitrogens with one attached hydrogen (secondary N) is 1. The Labute approximate surface area is 364 Å². The fourth-order valence-corrected chi connectivity index (χ4v) is 11.5. The lowest BCUT2D eigenvalue weighted by Gasteiger charge is -2.65. The van der Waals surface area contributed by atoms with Gasteiger partial charge in [0.1, 0.15) is 35.5 Å². The Morgan fingerprint density at radius 1 is 0.903 bits per heavy atom. The van der Waals surface area contributed by atoms with E-state index in [-0.39, 0.29) is 70.5 Å². The number of imide groups is 2. The Kier molecular flexibility index (Phi) is 10.2. The van der Waals surface area contributed by atoms with Crippen LogP contribution in [0.2, 0.25) is 5.02 Å². The average molecular weight is 860 g/mol. The van der Waals surface area contributed by atoms with E-state index in [1.54, 1.807) is 18.2 Å². The molecule has 0 bridgehead atoms. The van der Waals surface area contributed by atoms with Crippen LogP contribution >= 0.6 is 11.6 Å². The number of nitriles is 1. The molecule has 5 heterocycles. The summed E-state index contributed by atoms with van der Waals surface area (Å²) >= 11 is 6.28. The monoisotopic (exact) mass is 859 g/mol. The maximum absolute atomic E-state index is 15.5. The zero-order chi connectivity index (χ0) is 44.0. The average Bonchev–Trinajstić information content (AvgIpc) is 3.65. The zero-order valence-corrected chi connectivity index (χ0v) is 36.0. The standard InChI is InChI=1S/C47H47ClFN7O6/c1-46(2)44(47(3,4)45(46)62-30-10-7-26(23-50)34(48)20-30)55-24-36-31(41(55)59)11-9-27(51-36)8-6-25-18-29(19-25)53(5)28-14-16-54(17-15-28)38-22-33-32(21-35(38)49)42(60)56(43(33)61)37-12-13-39(57)52-40(37)58/h7,9-11,20-22,25,28-29,37,44-45H,12-19,24H2,1-5H3,(H,52,57,58)/t25?,29?,37?,44-,45-. The van der Waals surface area contributed by atoms with Crippen LogP contribution in [0.3, 0.4) is 0 Å². The number of aromatic nitrogens is 1. The number of hydrogen-bond acceptors (Lipinski definition) is 10. The van der Waals surface area contributed by atoms with Crippen molar-refractivity contribution in [2.45, 2.75) is 103 Å². The fraction of sp³-hybridized carbons (Fsp3) is 0.468. The second-order valence-corrected chi connectivity index (χ2v) is 19.1. The third-order valence-corrected chi connectivity index (χ3v) is 14.5. The number of halogens is 2. The van der Waals surface area contributed by atoms with E-state index in [1.165, 1.54) is 6.07 Å². The molecule has 1 unspecified atom stereocenters. The Morgan fingerprint density at radius 3 is 2.26 bits per heavy atom. The summed E-state index contributed by atoms with van der Waals surface area (Å²) in [5.74, 6) is 4.31. The van der Waals surface area contributed by atoms with Crippen molar-refractivity contribution < 1.29 is 33.1 Å². The molecule has 13 nitrogen and oxygen atoms in total. The molecule has 3 aromatic rings. The van der Waals surface area contributed by atoms with Crippen LogP contribution in [-0.2, 0) is 16.1 Å². The number of carbonyl (C=O) groups is 5. The van der Waals surface area contributed by atoms with Gasteiger partial charge < -0.3 is 19.4 Å². The van der Waals surface area contributed by atoms with E-state index in [4.69, 9.17) is 21.3 Å². The summed E-state index contributed by atoms with van der Waals surface area (Å²) in [6, 6.07) is 12.8. The summed E-state index contributed by atoms with van der Waals surface area (Å²) in [5.41, 5.74) is 1.84. The topological polar surface area (TPSA) is 156 Å². The number of rotatable bonds is 7. The lowest BCUT2D eigenvalue weighted by Crippen LogP contribution is -2.74. The zero-order valence-electron chi connectivity index (χ0n) is 35.3. The minimum Gasteiger partial charge on any atom is -0.489 e. The van der Waals surface area contributed by atoms with Crippen LogP contribution in [0.15, 0.2) is 42.5 Å². The largest absolute Gasteiger partial charge is 0.489 e. The second kappa shape index (κ2) is 15.2. The highest BCUT2D eigenvalue weighted by atomic mass is 35.5. The minimum atomic E-state index is -1.11. The van der Waals surface area contributed by atoms with Crippen LogP contribution in [-0.4, -0.2) is 99.6 Å². The van der Waals surface area contributed by atoms with Crippen molar-refractivity contribution >= 4 is 46.8 Å². The lowest BCUT2D eigenvalue weighted by molar-refractivity contribution is -0.199. The molecule has 6 aliphatic rings. The van der Waals surface area contributed by atoms with Gasteiger partial charge in [-0.3, -0.25) is 34.2 Å². The Morgan fingerprint density at radius 2 is 1.60 bits per heavy atom. The molecule has 320 valence electrons. The van der Waals surface area contributed by atoms with Crippen LogP contribution in [0.25, 0.3) is 0 Å². The molecule has 0 radical (unpaired) electrons. The van der Waals surface area contributed by atoms with Gasteiger partial charge in [-0.25, -0.2) is 9.37 Å². The van der Waals surface area contributed by atoms with Crippen molar-refractivity contribution in [2.75, 3.05) is 25.0 Å². The number of ether oxygens (including phenoxy) is 1. The van der Waals surface area contributed by atoms with Gasteiger partial charge in [-0.1, -0.05) is 45.2 Å². The number of amides is 5. The number of pyridine rings is 1. The predicted octanol–water partition coefficient (Wildman–Crippen LogP) is 5.72. The van der Waals surface area contributed by atoms with E-state index in [1.807, 2.05) is 21.9 Å². The maximum Gasteiger partial charge on any atom is 0.262 e. The molecule has 1 N–H and O–H groups in total. The number of anilines is 1. The number of benzene rings is 2. The molecule has 15 heteroatoms. The Bertz CT molecular complexity index is 2550. The van der Waals surface area contributed by atoms with Crippen LogP contribution in [0.4, 0.5) is 10.1 Å². The van der Waals surface area contributed by atoms with Gasteiger partial charge in [-0.15, -0.1) is 0 Å². The first-order valence-electron chi connectivity index (χ1n) is 21.2. The molecule has 4 fully saturated rings. The molecule has 0 spiro atoms. The van der Waals surface area contributed by atoms with Gasteiger partial charge in [0.2, 0.25) is 11.8 Å². The number of piperidine rings is 2. The molecule has 2 saturated carbocycles. The first-order valence-corrected chi connectivity index (χ1v) is 21.6. The summed E-state index contributed by atoms with van der Waals surface area (Å²) in [6.45, 7) is 9.98. The Balaban J connectivity index is 0.776. The smallest absolute Gasteiger partial charge is 0.262 e. The van der Waals surface area contributed by atoms with Crippen molar-refractivity contribution in [1.82, 2.24) is 25.0 Å². The number of fused-ring (bicyclic) bond motifs is 2. The van der Waals surface area contributed by atoms with Crippen molar-refractivity contribution in [3.05, 3.63) is 86.9 Å². The molecule has 2 saturated heterocycles. The second-order valence-electron chi connectivity index (χ2n) is 18.7. The van der Waals surface area contributed by atoms with E-state index in [2.05, 4.69) is 62.9 Å². The molecular weight excluding hydrogens is 813 g/mol. The first kappa shape index (κ1) is 41.5. The van der Waals surface area contributed by atoms with Gasteiger partial charge in [-0.2, -0.15) is 5.26 Å². The summed E-state index contributed by atoms with van der Waals surface area (Å²) in [4.78, 5) is 76.3. The predicted molar refractivity (Wildman–Crippen MR) is 226 cm³/mol. The quantitative estimate of drug-likeness (QED) is 0.231. The Hall–Kier alpha value is -5.83. The summed E-state index contributed by atoms with van der Waals surface area (Å²) < 4.78 is 22.0. The van der Waals surface area contributed by atoms with E-state index in [0.717, 1.165) is 42.3 Å². The highest BCUT2D eigenvalue weighted by molar-refractivity contribution is 6.31. The van der Waals surface area contributed by atoms with E-state index < -0.39 is 35.5 Å². The molecule has 4 aliphatic heterocycles. The van der Waals surface area contributed by atoms with Crippen molar-refractivity contribution in [1.29, 1.82) is 5.26 Å². The molecule has 2 aliphatic carbocycles. The molecule has 1 atom stereocenters. The van der Waals surface area contributed by atoms with Crippen LogP contribution in [0, 0.1) is 45.7 Å². The van der Waals surface area contributed by atoms with Crippen LogP contribution in [0.1, 0.15) is 114 Å². The molecule has 2 aromatic carbocycles. The van der Waals surface area contributed by atoms with Gasteiger partial charge >= 0.3 is 0 Å². The summed E-state index contributed by atoms with van der Waals surface area (Å²) in [7, 11) is 2.13. The molecule has 1 aromatic heterocycles. The minimum absolute atomic E-state index is 0.0107. The summed E-state index contributed by atoms with van der Waals surface area (Å²) in [6.07, 6.45) is 3.26. The molecule has 9 rings (SSSR count). The molecular formula is C47H47ClFN7O6. The highest BCUT2D eigenvalue weighted by Gasteiger charge is 2.67.